The van der Waals surface area contributed by atoms with Gasteiger partial charge in [0.15, 0.2) is 0 Å². The van der Waals surface area contributed by atoms with Crippen LogP contribution in [0.5, 0.6) is 0 Å². The second kappa shape index (κ2) is 10.8. The van der Waals surface area contributed by atoms with Gasteiger partial charge in [-0.1, -0.05) is 53.5 Å². The molecule has 170 valence electrons. The summed E-state index contributed by atoms with van der Waals surface area (Å²) in [4.78, 5) is 21.5. The minimum absolute atomic E-state index is 0.0309. The van der Waals surface area contributed by atoms with Gasteiger partial charge in [0.05, 0.1) is 28.3 Å². The van der Waals surface area contributed by atoms with Crippen LogP contribution in [0.25, 0.3) is 10.8 Å². The SMILES string of the molecule is CONCC[C@H](CN1CCSc2c(C#N)cc3ccccc3c2C1=O)c1ccc(Cl)c(Cl)c1. The number of fused-ring (bicyclic) bond motifs is 3. The fraction of sp³-hybridized carbons (Fsp3) is 0.280. The monoisotopic (exact) mass is 499 g/mol. The highest BCUT2D eigenvalue weighted by molar-refractivity contribution is 7.99. The van der Waals surface area contributed by atoms with Crippen LogP contribution in [0, 0.1) is 11.3 Å². The van der Waals surface area contributed by atoms with E-state index in [0.29, 0.717) is 40.8 Å². The first-order chi connectivity index (χ1) is 16.0. The van der Waals surface area contributed by atoms with Crippen molar-refractivity contribution in [3.05, 3.63) is 75.3 Å². The topological polar surface area (TPSA) is 65.4 Å². The van der Waals surface area contributed by atoms with E-state index < -0.39 is 0 Å². The van der Waals surface area contributed by atoms with Gasteiger partial charge in [-0.3, -0.25) is 4.79 Å². The summed E-state index contributed by atoms with van der Waals surface area (Å²) in [5.74, 6) is 0.701. The molecule has 8 heteroatoms. The van der Waals surface area contributed by atoms with Gasteiger partial charge in [-0.15, -0.1) is 11.8 Å². The number of carbonyl (C=O) groups is 1. The lowest BCUT2D eigenvalue weighted by atomic mass is 9.94. The van der Waals surface area contributed by atoms with Crippen molar-refractivity contribution in [2.24, 2.45) is 0 Å². The number of nitriles is 1. The number of benzene rings is 3. The maximum atomic E-state index is 13.9. The van der Waals surface area contributed by atoms with Gasteiger partial charge >= 0.3 is 0 Å². The molecule has 0 aromatic heterocycles. The number of rotatable bonds is 7. The number of thioether (sulfide) groups is 1. The van der Waals surface area contributed by atoms with Crippen LogP contribution in [0.15, 0.2) is 53.4 Å². The predicted molar refractivity (Wildman–Crippen MR) is 134 cm³/mol. The average Bonchev–Trinajstić information content (AvgIpc) is 2.99. The third-order valence-corrected chi connectivity index (χ3v) is 7.66. The normalized spacial score (nSPS) is 14.6. The number of hydroxylamine groups is 1. The lowest BCUT2D eigenvalue weighted by Gasteiger charge is -2.27. The van der Waals surface area contributed by atoms with E-state index in [2.05, 4.69) is 11.5 Å². The molecule has 3 aromatic carbocycles. The maximum Gasteiger partial charge on any atom is 0.255 e. The number of halogens is 2. The fourth-order valence-electron chi connectivity index (χ4n) is 4.20. The highest BCUT2D eigenvalue weighted by atomic mass is 35.5. The molecule has 1 aliphatic rings. The number of nitrogens with zero attached hydrogens (tertiary/aromatic N) is 2. The Morgan fingerprint density at radius 3 is 2.79 bits per heavy atom. The zero-order chi connectivity index (χ0) is 23.4. The molecule has 0 spiro atoms. The fourth-order valence-corrected chi connectivity index (χ4v) is 5.62. The van der Waals surface area contributed by atoms with Crippen molar-refractivity contribution < 1.29 is 9.63 Å². The van der Waals surface area contributed by atoms with Crippen LogP contribution in [0.1, 0.15) is 33.8 Å². The molecule has 0 saturated heterocycles. The maximum absolute atomic E-state index is 13.9. The quantitative estimate of drug-likeness (QED) is 0.324. The van der Waals surface area contributed by atoms with Crippen LogP contribution >= 0.6 is 35.0 Å². The van der Waals surface area contributed by atoms with Gasteiger partial charge < -0.3 is 9.74 Å². The number of nitrogens with one attached hydrogen (secondary N) is 1. The van der Waals surface area contributed by atoms with Gasteiger partial charge in [0, 0.05) is 36.2 Å². The van der Waals surface area contributed by atoms with Gasteiger partial charge in [-0.05, 0) is 41.0 Å². The van der Waals surface area contributed by atoms with Crippen LogP contribution in [0.3, 0.4) is 0 Å². The summed E-state index contributed by atoms with van der Waals surface area (Å²) in [6.45, 7) is 1.73. The first-order valence-electron chi connectivity index (χ1n) is 10.6. The van der Waals surface area contributed by atoms with Crippen LogP contribution in [-0.4, -0.2) is 43.3 Å². The van der Waals surface area contributed by atoms with Gasteiger partial charge in [0.25, 0.3) is 5.91 Å². The smallest absolute Gasteiger partial charge is 0.255 e. The third kappa shape index (κ3) is 5.13. The molecule has 0 fully saturated rings. The van der Waals surface area contributed by atoms with Crippen molar-refractivity contribution in [1.82, 2.24) is 10.4 Å². The molecule has 1 atom stereocenters. The molecule has 0 radical (unpaired) electrons. The van der Waals surface area contributed by atoms with E-state index in [1.807, 2.05) is 47.4 Å². The van der Waals surface area contributed by atoms with Crippen LogP contribution < -0.4 is 5.48 Å². The number of hydrogen-bond donors (Lipinski definition) is 1. The van der Waals surface area contributed by atoms with Gasteiger partial charge in [-0.25, -0.2) is 5.48 Å². The van der Waals surface area contributed by atoms with E-state index in [4.69, 9.17) is 28.0 Å². The predicted octanol–water partition coefficient (Wildman–Crippen LogP) is 5.89. The molecule has 0 unspecified atom stereocenters. The second-order valence-corrected chi connectivity index (χ2v) is 9.74. The molecule has 3 aromatic rings. The largest absolute Gasteiger partial charge is 0.337 e. The third-order valence-electron chi connectivity index (χ3n) is 5.83. The Kier molecular flexibility index (Phi) is 7.79. The number of hydrogen-bond acceptors (Lipinski definition) is 5. The van der Waals surface area contributed by atoms with Crippen molar-refractivity contribution in [1.29, 1.82) is 5.26 Å². The van der Waals surface area contributed by atoms with Crippen molar-refractivity contribution in [2.75, 3.05) is 32.5 Å². The Bertz CT molecular complexity index is 1230. The Balaban J connectivity index is 1.71. The van der Waals surface area contributed by atoms with Crippen LogP contribution in [0.4, 0.5) is 0 Å². The summed E-state index contributed by atoms with van der Waals surface area (Å²) < 4.78 is 0. The average molecular weight is 500 g/mol. The Morgan fingerprint density at radius 1 is 1.21 bits per heavy atom. The molecular weight excluding hydrogens is 477 g/mol. The first-order valence-corrected chi connectivity index (χ1v) is 12.4. The van der Waals surface area contributed by atoms with E-state index in [9.17, 15) is 10.1 Å². The van der Waals surface area contributed by atoms with E-state index in [0.717, 1.165) is 33.4 Å². The van der Waals surface area contributed by atoms with Gasteiger partial charge in [0.1, 0.15) is 6.07 Å². The van der Waals surface area contributed by atoms with Crippen molar-refractivity contribution in [3.8, 4) is 6.07 Å². The summed E-state index contributed by atoms with van der Waals surface area (Å²) in [7, 11) is 1.58. The summed E-state index contributed by atoms with van der Waals surface area (Å²) >= 11 is 14.0. The van der Waals surface area contributed by atoms with Crippen LogP contribution in [0.2, 0.25) is 10.0 Å². The zero-order valence-corrected chi connectivity index (χ0v) is 20.4. The van der Waals surface area contributed by atoms with Gasteiger partial charge in [0.2, 0.25) is 0 Å². The first kappa shape index (κ1) is 23.9. The lowest BCUT2D eigenvalue weighted by Crippen LogP contribution is -2.36. The Labute approximate surface area is 207 Å². The molecule has 1 N–H and O–H groups in total. The molecule has 5 nitrogen and oxygen atoms in total. The Hall–Kier alpha value is -2.27. The molecule has 4 rings (SSSR count). The minimum atomic E-state index is -0.0481. The summed E-state index contributed by atoms with van der Waals surface area (Å²) in [6.07, 6.45) is 0.745. The van der Waals surface area contributed by atoms with Crippen molar-refractivity contribution in [2.45, 2.75) is 17.2 Å². The van der Waals surface area contributed by atoms with Gasteiger partial charge in [-0.2, -0.15) is 5.26 Å². The molecule has 1 heterocycles. The molecule has 0 aliphatic carbocycles. The lowest BCUT2D eigenvalue weighted by molar-refractivity contribution is 0.0736. The van der Waals surface area contributed by atoms with E-state index >= 15 is 0 Å². The highest BCUT2D eigenvalue weighted by Gasteiger charge is 2.29. The summed E-state index contributed by atoms with van der Waals surface area (Å²) in [6, 6.07) is 17.5. The van der Waals surface area contributed by atoms with Crippen LogP contribution in [-0.2, 0) is 4.84 Å². The summed E-state index contributed by atoms with van der Waals surface area (Å²) in [5.41, 5.74) is 5.07. The van der Waals surface area contributed by atoms with Crippen molar-refractivity contribution >= 4 is 51.6 Å². The van der Waals surface area contributed by atoms with E-state index in [-0.39, 0.29) is 11.8 Å². The second-order valence-electron chi connectivity index (χ2n) is 7.82. The molecular formula is C25H23Cl2N3O2S. The zero-order valence-electron chi connectivity index (χ0n) is 18.1. The molecule has 1 amide bonds. The van der Waals surface area contributed by atoms with E-state index in [1.165, 1.54) is 0 Å². The molecule has 0 saturated carbocycles. The summed E-state index contributed by atoms with van der Waals surface area (Å²) in [5, 5.41) is 12.5. The number of carbonyl (C=O) groups excluding carboxylic acids is 1. The highest BCUT2D eigenvalue weighted by Crippen LogP contribution is 2.37. The minimum Gasteiger partial charge on any atom is -0.337 e. The Morgan fingerprint density at radius 2 is 2.03 bits per heavy atom. The molecule has 1 aliphatic heterocycles. The van der Waals surface area contributed by atoms with Crippen molar-refractivity contribution in [3.63, 3.8) is 0 Å². The number of amides is 1. The molecule has 0 bridgehead atoms. The standard InChI is InChI=1S/C25H23Cl2N3O2S/c1-32-29-9-8-18(16-6-7-21(26)22(27)13-16)15-30-10-11-33-24-19(14-28)12-17-4-2-3-5-20(17)23(24)25(30)31/h2-7,12-13,18,29H,8-11,15H2,1H3/t18-/m1/s1. The molecule has 33 heavy (non-hydrogen) atoms. The van der Waals surface area contributed by atoms with E-state index in [1.54, 1.807) is 24.9 Å².